The van der Waals surface area contributed by atoms with Crippen molar-refractivity contribution in [3.05, 3.63) is 42.5 Å². The molecule has 4 heteroatoms. The van der Waals surface area contributed by atoms with Gasteiger partial charge >= 0.3 is 0 Å². The number of para-hydroxylation sites is 1. The Balaban J connectivity index is 2.50. The van der Waals surface area contributed by atoms with Crippen LogP contribution in [0.15, 0.2) is 42.5 Å². The summed E-state index contributed by atoms with van der Waals surface area (Å²) in [6.07, 6.45) is 0. The van der Waals surface area contributed by atoms with Crippen LogP contribution in [0.1, 0.15) is 6.92 Å². The molecule has 0 aliphatic heterocycles. The van der Waals surface area contributed by atoms with E-state index in [0.29, 0.717) is 16.8 Å². The Labute approximate surface area is 105 Å². The summed E-state index contributed by atoms with van der Waals surface area (Å²) in [5.74, 6) is -0.0673. The van der Waals surface area contributed by atoms with Crippen molar-refractivity contribution in [3.63, 3.8) is 0 Å². The van der Waals surface area contributed by atoms with Crippen molar-refractivity contribution in [2.45, 2.75) is 6.92 Å². The summed E-state index contributed by atoms with van der Waals surface area (Å²) in [5, 5.41) is 22.2. The molecule has 2 aromatic carbocycles. The molecule has 92 valence electrons. The summed E-state index contributed by atoms with van der Waals surface area (Å²) in [4.78, 5) is 11.0. The van der Waals surface area contributed by atoms with E-state index in [1.807, 2.05) is 0 Å². The standard InChI is InChI=1S/C14H13NO3/c1-9(16)15-10-6-7-14(18)12(8-10)11-4-2-3-5-13(11)17/h2-8,17-18H,1H3,(H,15,16). The van der Waals surface area contributed by atoms with Crippen molar-refractivity contribution in [1.82, 2.24) is 0 Å². The zero-order valence-corrected chi connectivity index (χ0v) is 9.84. The van der Waals surface area contributed by atoms with Gasteiger partial charge in [-0.2, -0.15) is 0 Å². The Morgan fingerprint density at radius 1 is 1.00 bits per heavy atom. The Morgan fingerprint density at radius 3 is 2.33 bits per heavy atom. The lowest BCUT2D eigenvalue weighted by Gasteiger charge is -2.09. The maximum atomic E-state index is 11.0. The molecule has 3 N–H and O–H groups in total. The molecule has 0 atom stereocenters. The molecule has 0 unspecified atom stereocenters. The Morgan fingerprint density at radius 2 is 1.67 bits per heavy atom. The van der Waals surface area contributed by atoms with Crippen LogP contribution in [0.25, 0.3) is 11.1 Å². The quantitative estimate of drug-likeness (QED) is 0.710. The summed E-state index contributed by atoms with van der Waals surface area (Å²) >= 11 is 0. The van der Waals surface area contributed by atoms with E-state index >= 15 is 0 Å². The van der Waals surface area contributed by atoms with Crippen molar-refractivity contribution in [2.24, 2.45) is 0 Å². The third-order valence-corrected chi connectivity index (χ3v) is 2.51. The highest BCUT2D eigenvalue weighted by Crippen LogP contribution is 2.36. The molecule has 2 aromatic rings. The molecule has 4 nitrogen and oxygen atoms in total. The number of hydrogen-bond donors (Lipinski definition) is 3. The van der Waals surface area contributed by atoms with Gasteiger partial charge in [0.05, 0.1) is 0 Å². The summed E-state index contributed by atoms with van der Waals surface area (Å²) < 4.78 is 0. The predicted octanol–water partition coefficient (Wildman–Crippen LogP) is 2.72. The van der Waals surface area contributed by atoms with Gasteiger partial charge in [0.15, 0.2) is 0 Å². The molecule has 0 radical (unpaired) electrons. The van der Waals surface area contributed by atoms with Gasteiger partial charge in [0.1, 0.15) is 11.5 Å². The van der Waals surface area contributed by atoms with E-state index in [-0.39, 0.29) is 17.4 Å². The van der Waals surface area contributed by atoms with Crippen LogP contribution in [0.4, 0.5) is 5.69 Å². The second-order valence-electron chi connectivity index (χ2n) is 3.93. The molecular formula is C14H13NO3. The van der Waals surface area contributed by atoms with E-state index in [1.165, 1.54) is 13.0 Å². The van der Waals surface area contributed by atoms with Gasteiger partial charge in [-0.05, 0) is 24.3 Å². The fourth-order valence-corrected chi connectivity index (χ4v) is 1.73. The molecule has 0 aliphatic rings. The highest BCUT2D eigenvalue weighted by Gasteiger charge is 2.09. The number of amides is 1. The van der Waals surface area contributed by atoms with Crippen LogP contribution < -0.4 is 5.32 Å². The minimum atomic E-state index is -0.191. The van der Waals surface area contributed by atoms with Crippen molar-refractivity contribution in [1.29, 1.82) is 0 Å². The van der Waals surface area contributed by atoms with Crippen LogP contribution in [0.5, 0.6) is 11.5 Å². The molecule has 0 saturated heterocycles. The molecule has 0 saturated carbocycles. The van der Waals surface area contributed by atoms with E-state index in [0.717, 1.165) is 0 Å². The number of anilines is 1. The molecule has 0 aromatic heterocycles. The van der Waals surface area contributed by atoms with E-state index in [1.54, 1.807) is 36.4 Å². The summed E-state index contributed by atoms with van der Waals surface area (Å²) in [5.41, 5.74) is 1.56. The van der Waals surface area contributed by atoms with Gasteiger partial charge in [0.2, 0.25) is 5.91 Å². The van der Waals surface area contributed by atoms with Crippen LogP contribution in [0, 0.1) is 0 Å². The first-order valence-corrected chi connectivity index (χ1v) is 5.47. The third kappa shape index (κ3) is 2.43. The van der Waals surface area contributed by atoms with E-state index in [2.05, 4.69) is 5.32 Å². The molecular weight excluding hydrogens is 230 g/mol. The van der Waals surface area contributed by atoms with E-state index in [9.17, 15) is 15.0 Å². The van der Waals surface area contributed by atoms with Crippen molar-refractivity contribution < 1.29 is 15.0 Å². The van der Waals surface area contributed by atoms with Gasteiger partial charge in [-0.15, -0.1) is 0 Å². The number of carbonyl (C=O) groups is 1. The number of aromatic hydroxyl groups is 2. The predicted molar refractivity (Wildman–Crippen MR) is 69.5 cm³/mol. The lowest BCUT2D eigenvalue weighted by molar-refractivity contribution is -0.114. The highest BCUT2D eigenvalue weighted by molar-refractivity contribution is 5.90. The largest absolute Gasteiger partial charge is 0.507 e. The molecule has 0 aliphatic carbocycles. The smallest absolute Gasteiger partial charge is 0.221 e. The van der Waals surface area contributed by atoms with Gasteiger partial charge in [0.25, 0.3) is 0 Å². The number of rotatable bonds is 2. The topological polar surface area (TPSA) is 69.6 Å². The van der Waals surface area contributed by atoms with Crippen LogP contribution in [0.3, 0.4) is 0 Å². The lowest BCUT2D eigenvalue weighted by atomic mass is 10.0. The van der Waals surface area contributed by atoms with Crippen molar-refractivity contribution in [3.8, 4) is 22.6 Å². The SMILES string of the molecule is CC(=O)Nc1ccc(O)c(-c2ccccc2O)c1. The molecule has 2 rings (SSSR count). The number of hydrogen-bond acceptors (Lipinski definition) is 3. The fourth-order valence-electron chi connectivity index (χ4n) is 1.73. The number of phenolic OH excluding ortho intramolecular Hbond substituents is 2. The molecule has 18 heavy (non-hydrogen) atoms. The van der Waals surface area contributed by atoms with Crippen LogP contribution in [-0.4, -0.2) is 16.1 Å². The van der Waals surface area contributed by atoms with Crippen molar-refractivity contribution >= 4 is 11.6 Å². The van der Waals surface area contributed by atoms with Crippen molar-refractivity contribution in [2.75, 3.05) is 5.32 Å². The first-order chi connectivity index (χ1) is 8.58. The zero-order valence-electron chi connectivity index (χ0n) is 9.84. The van der Waals surface area contributed by atoms with Gasteiger partial charge in [-0.3, -0.25) is 4.79 Å². The number of phenols is 2. The van der Waals surface area contributed by atoms with E-state index < -0.39 is 0 Å². The second kappa shape index (κ2) is 4.79. The number of nitrogens with one attached hydrogen (secondary N) is 1. The summed E-state index contributed by atoms with van der Waals surface area (Å²) in [6.45, 7) is 1.41. The minimum Gasteiger partial charge on any atom is -0.507 e. The lowest BCUT2D eigenvalue weighted by Crippen LogP contribution is -2.05. The Hall–Kier alpha value is -2.49. The Kier molecular flexibility index (Phi) is 3.19. The molecule has 0 bridgehead atoms. The Bertz CT molecular complexity index is 593. The average molecular weight is 243 g/mol. The van der Waals surface area contributed by atoms with Crippen LogP contribution in [-0.2, 0) is 4.79 Å². The van der Waals surface area contributed by atoms with Crippen LogP contribution >= 0.6 is 0 Å². The summed E-state index contributed by atoms with van der Waals surface area (Å²) in [6, 6.07) is 11.4. The average Bonchev–Trinajstić information content (AvgIpc) is 2.32. The highest BCUT2D eigenvalue weighted by atomic mass is 16.3. The molecule has 0 heterocycles. The maximum Gasteiger partial charge on any atom is 0.221 e. The molecule has 0 spiro atoms. The monoisotopic (exact) mass is 243 g/mol. The number of carbonyl (C=O) groups excluding carboxylic acids is 1. The summed E-state index contributed by atoms with van der Waals surface area (Å²) in [7, 11) is 0. The normalized spacial score (nSPS) is 10.1. The second-order valence-corrected chi connectivity index (χ2v) is 3.93. The molecule has 1 amide bonds. The van der Waals surface area contributed by atoms with E-state index in [4.69, 9.17) is 0 Å². The zero-order chi connectivity index (χ0) is 13.1. The van der Waals surface area contributed by atoms with Gasteiger partial charge in [-0.25, -0.2) is 0 Å². The van der Waals surface area contributed by atoms with Gasteiger partial charge in [0, 0.05) is 23.7 Å². The van der Waals surface area contributed by atoms with Gasteiger partial charge < -0.3 is 15.5 Å². The fraction of sp³-hybridized carbons (Fsp3) is 0.0714. The molecule has 0 fully saturated rings. The van der Waals surface area contributed by atoms with Gasteiger partial charge in [-0.1, -0.05) is 18.2 Å². The first kappa shape index (κ1) is 12.0. The number of benzene rings is 2. The van der Waals surface area contributed by atoms with Crippen LogP contribution in [0.2, 0.25) is 0 Å². The maximum absolute atomic E-state index is 11.0. The first-order valence-electron chi connectivity index (χ1n) is 5.47. The third-order valence-electron chi connectivity index (χ3n) is 2.51. The minimum absolute atomic E-state index is 0.0469.